The van der Waals surface area contributed by atoms with Crippen molar-refractivity contribution in [1.82, 2.24) is 5.32 Å². The molecular formula is C10H16N2O2. The summed E-state index contributed by atoms with van der Waals surface area (Å²) in [6.07, 6.45) is 2.35. The van der Waals surface area contributed by atoms with E-state index in [1.165, 1.54) is 0 Å². The second-order valence-electron chi connectivity index (χ2n) is 3.93. The predicted molar refractivity (Wildman–Crippen MR) is 51.1 cm³/mol. The van der Waals surface area contributed by atoms with Crippen LogP contribution in [0.25, 0.3) is 0 Å². The Hall–Kier alpha value is -1.08. The van der Waals surface area contributed by atoms with Crippen molar-refractivity contribution in [2.24, 2.45) is 11.8 Å². The predicted octanol–water partition coefficient (Wildman–Crippen LogP) is 0.423. The van der Waals surface area contributed by atoms with Crippen LogP contribution in [-0.4, -0.2) is 23.7 Å². The Bertz CT molecular complexity index is 247. The number of carbonyl (C=O) groups excluding carboxylic acids is 1. The first-order valence-corrected chi connectivity index (χ1v) is 4.99. The summed E-state index contributed by atoms with van der Waals surface area (Å²) in [6.45, 7) is 2.17. The van der Waals surface area contributed by atoms with Crippen LogP contribution in [-0.2, 0) is 4.79 Å². The molecule has 0 aromatic heterocycles. The van der Waals surface area contributed by atoms with E-state index in [9.17, 15) is 9.90 Å². The van der Waals surface area contributed by atoms with E-state index in [4.69, 9.17) is 5.26 Å². The number of aliphatic hydroxyl groups excluding tert-OH is 1. The highest BCUT2D eigenvalue weighted by Crippen LogP contribution is 2.24. The summed E-state index contributed by atoms with van der Waals surface area (Å²) in [6, 6.07) is 1.89. The van der Waals surface area contributed by atoms with Crippen LogP contribution < -0.4 is 5.32 Å². The van der Waals surface area contributed by atoms with E-state index in [0.29, 0.717) is 12.5 Å². The van der Waals surface area contributed by atoms with Gasteiger partial charge in [0.1, 0.15) is 5.92 Å². The van der Waals surface area contributed by atoms with E-state index in [1.54, 1.807) is 6.92 Å². The highest BCUT2D eigenvalue weighted by atomic mass is 16.3. The Kier molecular flexibility index (Phi) is 3.90. The molecule has 0 aliphatic heterocycles. The molecule has 0 saturated heterocycles. The van der Waals surface area contributed by atoms with Crippen LogP contribution in [0.1, 0.15) is 26.2 Å². The molecule has 0 radical (unpaired) electrons. The van der Waals surface area contributed by atoms with E-state index in [1.807, 2.05) is 6.07 Å². The largest absolute Gasteiger partial charge is 0.393 e. The third-order valence-electron chi connectivity index (χ3n) is 2.67. The van der Waals surface area contributed by atoms with Crippen molar-refractivity contribution in [1.29, 1.82) is 5.26 Å². The third-order valence-corrected chi connectivity index (χ3v) is 2.67. The average Bonchev–Trinajstić information content (AvgIpc) is 2.59. The molecule has 4 nitrogen and oxygen atoms in total. The molecule has 0 aromatic carbocycles. The number of aliphatic hydroxyl groups is 1. The number of carbonyl (C=O) groups is 1. The molecule has 1 fully saturated rings. The molecule has 1 rings (SSSR count). The van der Waals surface area contributed by atoms with Gasteiger partial charge in [-0.05, 0) is 32.1 Å². The second kappa shape index (κ2) is 4.97. The van der Waals surface area contributed by atoms with Gasteiger partial charge in [0.25, 0.3) is 0 Å². The minimum Gasteiger partial charge on any atom is -0.393 e. The smallest absolute Gasteiger partial charge is 0.237 e. The Morgan fingerprint density at radius 1 is 1.71 bits per heavy atom. The molecule has 0 bridgehead atoms. The van der Waals surface area contributed by atoms with Crippen LogP contribution in [0.3, 0.4) is 0 Å². The van der Waals surface area contributed by atoms with Crippen molar-refractivity contribution in [2.75, 3.05) is 6.54 Å². The Labute approximate surface area is 83.9 Å². The summed E-state index contributed by atoms with van der Waals surface area (Å²) >= 11 is 0. The molecule has 3 atom stereocenters. The first-order chi connectivity index (χ1) is 6.63. The van der Waals surface area contributed by atoms with Crippen LogP contribution in [0.4, 0.5) is 0 Å². The fraction of sp³-hybridized carbons (Fsp3) is 0.800. The van der Waals surface area contributed by atoms with Crippen LogP contribution in [0, 0.1) is 23.2 Å². The van der Waals surface area contributed by atoms with Crippen molar-refractivity contribution in [3.63, 3.8) is 0 Å². The minimum absolute atomic E-state index is 0.203. The molecule has 0 heterocycles. The number of nitrogens with one attached hydrogen (secondary N) is 1. The molecule has 1 amide bonds. The van der Waals surface area contributed by atoms with Gasteiger partial charge >= 0.3 is 0 Å². The number of amides is 1. The highest BCUT2D eigenvalue weighted by Gasteiger charge is 2.23. The number of rotatable bonds is 3. The molecule has 2 N–H and O–H groups in total. The average molecular weight is 196 g/mol. The van der Waals surface area contributed by atoms with Crippen LogP contribution >= 0.6 is 0 Å². The molecule has 3 unspecified atom stereocenters. The zero-order valence-corrected chi connectivity index (χ0v) is 8.36. The highest BCUT2D eigenvalue weighted by molar-refractivity contribution is 5.80. The van der Waals surface area contributed by atoms with Gasteiger partial charge in [0.2, 0.25) is 5.91 Å². The first kappa shape index (κ1) is 11.0. The Balaban J connectivity index is 2.21. The topological polar surface area (TPSA) is 73.1 Å². The molecule has 0 spiro atoms. The third kappa shape index (κ3) is 3.00. The summed E-state index contributed by atoms with van der Waals surface area (Å²) in [4.78, 5) is 11.2. The summed E-state index contributed by atoms with van der Waals surface area (Å²) in [7, 11) is 0. The summed E-state index contributed by atoms with van der Waals surface area (Å²) < 4.78 is 0. The van der Waals surface area contributed by atoms with Gasteiger partial charge in [-0.2, -0.15) is 5.26 Å². The summed E-state index contributed by atoms with van der Waals surface area (Å²) in [5.41, 5.74) is 0. The van der Waals surface area contributed by atoms with Gasteiger partial charge in [0.05, 0.1) is 12.2 Å². The minimum atomic E-state index is -0.582. The van der Waals surface area contributed by atoms with Gasteiger partial charge in [-0.25, -0.2) is 0 Å². The lowest BCUT2D eigenvalue weighted by molar-refractivity contribution is -0.123. The maximum absolute atomic E-state index is 11.2. The van der Waals surface area contributed by atoms with Gasteiger partial charge in [-0.1, -0.05) is 0 Å². The van der Waals surface area contributed by atoms with Gasteiger partial charge in [-0.3, -0.25) is 4.79 Å². The van der Waals surface area contributed by atoms with E-state index in [2.05, 4.69) is 5.32 Å². The lowest BCUT2D eigenvalue weighted by Gasteiger charge is -2.11. The molecule has 4 heteroatoms. The maximum atomic E-state index is 11.2. The normalized spacial score (nSPS) is 28.1. The standard InChI is InChI=1S/C10H16N2O2/c1-7(5-11)10(14)12-6-8-2-3-9(13)4-8/h7-9,13H,2-4,6H2,1H3,(H,12,14). The molecule has 78 valence electrons. The van der Waals surface area contributed by atoms with Crippen molar-refractivity contribution >= 4 is 5.91 Å². The second-order valence-corrected chi connectivity index (χ2v) is 3.93. The maximum Gasteiger partial charge on any atom is 0.237 e. The van der Waals surface area contributed by atoms with Crippen molar-refractivity contribution in [2.45, 2.75) is 32.3 Å². The molecule has 1 aliphatic rings. The zero-order chi connectivity index (χ0) is 10.6. The van der Waals surface area contributed by atoms with E-state index < -0.39 is 5.92 Å². The SMILES string of the molecule is CC(C#N)C(=O)NCC1CCC(O)C1. The molecule has 0 aromatic rings. The Morgan fingerprint density at radius 2 is 2.43 bits per heavy atom. The molecule has 14 heavy (non-hydrogen) atoms. The molecular weight excluding hydrogens is 180 g/mol. The van der Waals surface area contributed by atoms with E-state index in [-0.39, 0.29) is 12.0 Å². The number of hydrogen-bond donors (Lipinski definition) is 2. The van der Waals surface area contributed by atoms with Crippen LogP contribution in [0.2, 0.25) is 0 Å². The van der Waals surface area contributed by atoms with E-state index in [0.717, 1.165) is 19.3 Å². The monoisotopic (exact) mass is 196 g/mol. The summed E-state index contributed by atoms with van der Waals surface area (Å²) in [5, 5.41) is 20.5. The molecule has 1 aliphatic carbocycles. The van der Waals surface area contributed by atoms with Crippen LogP contribution in [0.5, 0.6) is 0 Å². The van der Waals surface area contributed by atoms with Gasteiger partial charge < -0.3 is 10.4 Å². The van der Waals surface area contributed by atoms with E-state index >= 15 is 0 Å². The van der Waals surface area contributed by atoms with Crippen molar-refractivity contribution < 1.29 is 9.90 Å². The lowest BCUT2D eigenvalue weighted by Crippen LogP contribution is -2.32. The van der Waals surface area contributed by atoms with Crippen molar-refractivity contribution in [3.8, 4) is 6.07 Å². The van der Waals surface area contributed by atoms with Crippen LogP contribution in [0.15, 0.2) is 0 Å². The fourth-order valence-corrected chi connectivity index (χ4v) is 1.69. The number of nitrogens with zero attached hydrogens (tertiary/aromatic N) is 1. The zero-order valence-electron chi connectivity index (χ0n) is 8.36. The first-order valence-electron chi connectivity index (χ1n) is 4.99. The Morgan fingerprint density at radius 3 is 2.93 bits per heavy atom. The number of hydrogen-bond acceptors (Lipinski definition) is 3. The number of nitriles is 1. The van der Waals surface area contributed by atoms with Gasteiger partial charge in [0, 0.05) is 6.54 Å². The van der Waals surface area contributed by atoms with Gasteiger partial charge in [-0.15, -0.1) is 0 Å². The lowest BCUT2D eigenvalue weighted by atomic mass is 10.1. The van der Waals surface area contributed by atoms with Gasteiger partial charge in [0.15, 0.2) is 0 Å². The molecule has 1 saturated carbocycles. The fourth-order valence-electron chi connectivity index (χ4n) is 1.69. The van der Waals surface area contributed by atoms with Crippen molar-refractivity contribution in [3.05, 3.63) is 0 Å². The summed E-state index contributed by atoms with van der Waals surface area (Å²) in [5.74, 6) is -0.421. The quantitative estimate of drug-likeness (QED) is 0.687.